The van der Waals surface area contributed by atoms with E-state index in [0.29, 0.717) is 6.42 Å². The van der Waals surface area contributed by atoms with Crippen molar-refractivity contribution >= 4 is 31.8 Å². The lowest BCUT2D eigenvalue weighted by Crippen LogP contribution is -2.35. The number of amides is 2. The number of para-hydroxylation sites is 1. The number of carbonyl (C=O) groups is 1. The summed E-state index contributed by atoms with van der Waals surface area (Å²) in [6.45, 7) is 4.01. The van der Waals surface area contributed by atoms with Gasteiger partial charge in [0, 0.05) is 6.54 Å². The summed E-state index contributed by atoms with van der Waals surface area (Å²) < 4.78 is 53.8. The molecular weight excluding hydrogens is 402 g/mol. The highest BCUT2D eigenvalue weighted by Crippen LogP contribution is 2.21. The number of nitrogens with one attached hydrogen (secondary N) is 3. The van der Waals surface area contributed by atoms with Crippen molar-refractivity contribution in [1.29, 1.82) is 0 Å². The SMILES string of the molecule is CCCCNS(=O)(=O)c1ccccc1NC(=O)NS(=O)(=O)c1ccc(C)cc1. The zero-order valence-corrected chi connectivity index (χ0v) is 17.2. The fourth-order valence-corrected chi connectivity index (χ4v) is 4.45. The third-order valence-electron chi connectivity index (χ3n) is 3.81. The Morgan fingerprint density at radius 1 is 0.929 bits per heavy atom. The van der Waals surface area contributed by atoms with Crippen molar-refractivity contribution in [2.24, 2.45) is 0 Å². The van der Waals surface area contributed by atoms with Crippen LogP contribution in [0.25, 0.3) is 0 Å². The van der Waals surface area contributed by atoms with E-state index in [1.165, 1.54) is 36.4 Å². The molecule has 0 unspecified atom stereocenters. The summed E-state index contributed by atoms with van der Waals surface area (Å²) in [4.78, 5) is 12.0. The van der Waals surface area contributed by atoms with Gasteiger partial charge in [0.2, 0.25) is 10.0 Å². The molecular formula is C18H23N3O5S2. The van der Waals surface area contributed by atoms with E-state index in [1.807, 2.05) is 18.6 Å². The van der Waals surface area contributed by atoms with Gasteiger partial charge in [0.1, 0.15) is 4.90 Å². The quantitative estimate of drug-likeness (QED) is 0.561. The van der Waals surface area contributed by atoms with E-state index in [2.05, 4.69) is 10.0 Å². The Morgan fingerprint density at radius 3 is 2.21 bits per heavy atom. The van der Waals surface area contributed by atoms with Crippen LogP contribution in [0, 0.1) is 6.92 Å². The predicted octanol–water partition coefficient (Wildman–Crippen LogP) is 2.58. The molecule has 0 saturated carbocycles. The summed E-state index contributed by atoms with van der Waals surface area (Å²) in [5, 5.41) is 2.30. The van der Waals surface area contributed by atoms with Crippen LogP contribution in [0.5, 0.6) is 0 Å². The first-order valence-electron chi connectivity index (χ1n) is 8.65. The summed E-state index contributed by atoms with van der Waals surface area (Å²) >= 11 is 0. The number of anilines is 1. The second-order valence-corrected chi connectivity index (χ2v) is 9.54. The fourth-order valence-electron chi connectivity index (χ4n) is 2.31. The van der Waals surface area contributed by atoms with Crippen LogP contribution in [0.1, 0.15) is 25.3 Å². The summed E-state index contributed by atoms with van der Waals surface area (Å²) in [6, 6.07) is 10.7. The molecule has 0 aliphatic carbocycles. The Labute approximate surface area is 165 Å². The van der Waals surface area contributed by atoms with Crippen molar-refractivity contribution in [3.63, 3.8) is 0 Å². The number of aryl methyl sites for hydroxylation is 1. The molecule has 0 aliphatic heterocycles. The van der Waals surface area contributed by atoms with E-state index in [9.17, 15) is 21.6 Å². The number of hydrogen-bond donors (Lipinski definition) is 3. The molecule has 28 heavy (non-hydrogen) atoms. The Balaban J connectivity index is 2.17. The third-order valence-corrected chi connectivity index (χ3v) is 6.67. The number of rotatable bonds is 8. The highest BCUT2D eigenvalue weighted by atomic mass is 32.2. The second-order valence-electron chi connectivity index (χ2n) is 6.12. The van der Waals surface area contributed by atoms with Gasteiger partial charge in [-0.2, -0.15) is 0 Å². The smallest absolute Gasteiger partial charge is 0.306 e. The average molecular weight is 426 g/mol. The minimum absolute atomic E-state index is 0.0249. The number of sulfonamides is 2. The molecule has 0 bridgehead atoms. The molecule has 0 aromatic heterocycles. The van der Waals surface area contributed by atoms with Crippen LogP contribution in [0.15, 0.2) is 58.3 Å². The lowest BCUT2D eigenvalue weighted by molar-refractivity contribution is 0.256. The van der Waals surface area contributed by atoms with Gasteiger partial charge in [0.25, 0.3) is 10.0 Å². The van der Waals surface area contributed by atoms with E-state index in [1.54, 1.807) is 12.1 Å². The maximum absolute atomic E-state index is 12.4. The Morgan fingerprint density at radius 2 is 1.57 bits per heavy atom. The summed E-state index contributed by atoms with van der Waals surface area (Å²) in [7, 11) is -7.94. The molecule has 152 valence electrons. The van der Waals surface area contributed by atoms with Gasteiger partial charge < -0.3 is 5.32 Å². The van der Waals surface area contributed by atoms with Crippen LogP contribution in [0.4, 0.5) is 10.5 Å². The van der Waals surface area contributed by atoms with Gasteiger partial charge in [-0.05, 0) is 37.6 Å². The minimum atomic E-state index is -4.09. The molecule has 0 spiro atoms. The molecule has 0 fully saturated rings. The Hall–Kier alpha value is -2.43. The molecule has 2 aromatic carbocycles. The van der Waals surface area contributed by atoms with Crippen molar-refractivity contribution in [1.82, 2.24) is 9.44 Å². The van der Waals surface area contributed by atoms with Crippen LogP contribution in [-0.4, -0.2) is 29.4 Å². The maximum atomic E-state index is 12.4. The van der Waals surface area contributed by atoms with Crippen molar-refractivity contribution in [3.05, 3.63) is 54.1 Å². The topological polar surface area (TPSA) is 121 Å². The molecule has 2 amide bonds. The highest BCUT2D eigenvalue weighted by Gasteiger charge is 2.21. The van der Waals surface area contributed by atoms with Gasteiger partial charge in [0.05, 0.1) is 10.6 Å². The molecule has 2 aromatic rings. The number of benzene rings is 2. The summed E-state index contributed by atoms with van der Waals surface area (Å²) in [6.07, 6.45) is 1.49. The first-order valence-corrected chi connectivity index (χ1v) is 11.6. The van der Waals surface area contributed by atoms with E-state index < -0.39 is 26.1 Å². The van der Waals surface area contributed by atoms with Crippen molar-refractivity contribution in [3.8, 4) is 0 Å². The lowest BCUT2D eigenvalue weighted by Gasteiger charge is -2.13. The van der Waals surface area contributed by atoms with Gasteiger partial charge in [-0.3, -0.25) is 0 Å². The molecule has 0 aliphatic rings. The van der Waals surface area contributed by atoms with Gasteiger partial charge in [-0.25, -0.2) is 31.1 Å². The zero-order chi connectivity index (χ0) is 20.8. The largest absolute Gasteiger partial charge is 0.333 e. The molecule has 0 atom stereocenters. The van der Waals surface area contributed by atoms with Gasteiger partial charge in [-0.1, -0.05) is 43.2 Å². The molecule has 0 saturated heterocycles. The summed E-state index contributed by atoms with van der Waals surface area (Å²) in [5.74, 6) is 0. The van der Waals surface area contributed by atoms with Gasteiger partial charge in [-0.15, -0.1) is 0 Å². The van der Waals surface area contributed by atoms with Crippen LogP contribution >= 0.6 is 0 Å². The first kappa shape index (κ1) is 21.9. The van der Waals surface area contributed by atoms with Gasteiger partial charge in [0.15, 0.2) is 0 Å². The number of carbonyl (C=O) groups excluding carboxylic acids is 1. The van der Waals surface area contributed by atoms with Crippen LogP contribution in [0.3, 0.4) is 0 Å². The maximum Gasteiger partial charge on any atom is 0.333 e. The molecule has 3 N–H and O–H groups in total. The van der Waals surface area contributed by atoms with Gasteiger partial charge >= 0.3 is 6.03 Å². The van der Waals surface area contributed by atoms with Crippen molar-refractivity contribution in [2.45, 2.75) is 36.5 Å². The lowest BCUT2D eigenvalue weighted by atomic mass is 10.2. The molecule has 2 rings (SSSR count). The van der Waals surface area contributed by atoms with E-state index in [-0.39, 0.29) is 22.0 Å². The molecule has 10 heteroatoms. The van der Waals surface area contributed by atoms with E-state index in [4.69, 9.17) is 0 Å². The molecule has 0 heterocycles. The standard InChI is InChI=1S/C18H23N3O5S2/c1-3-4-13-19-28(25,26)17-8-6-5-7-16(17)20-18(22)21-27(23,24)15-11-9-14(2)10-12-15/h5-12,19H,3-4,13H2,1-2H3,(H2,20,21,22). The summed E-state index contributed by atoms with van der Waals surface area (Å²) in [5.41, 5.74) is 0.848. The fraction of sp³-hybridized carbons (Fsp3) is 0.278. The first-order chi connectivity index (χ1) is 13.2. The van der Waals surface area contributed by atoms with Crippen LogP contribution in [0.2, 0.25) is 0 Å². The van der Waals surface area contributed by atoms with Crippen molar-refractivity contribution in [2.75, 3.05) is 11.9 Å². The molecule has 8 nitrogen and oxygen atoms in total. The molecule has 0 radical (unpaired) electrons. The Bertz CT molecular complexity index is 1030. The zero-order valence-electron chi connectivity index (χ0n) is 15.6. The second kappa shape index (κ2) is 9.18. The van der Waals surface area contributed by atoms with E-state index in [0.717, 1.165) is 12.0 Å². The monoisotopic (exact) mass is 425 g/mol. The van der Waals surface area contributed by atoms with Crippen LogP contribution < -0.4 is 14.8 Å². The predicted molar refractivity (Wildman–Crippen MR) is 107 cm³/mol. The van der Waals surface area contributed by atoms with E-state index >= 15 is 0 Å². The minimum Gasteiger partial charge on any atom is -0.306 e. The number of urea groups is 1. The Kier molecular flexibility index (Phi) is 7.17. The van der Waals surface area contributed by atoms with Crippen LogP contribution in [-0.2, 0) is 20.0 Å². The highest BCUT2D eigenvalue weighted by molar-refractivity contribution is 7.90. The van der Waals surface area contributed by atoms with Crippen molar-refractivity contribution < 1.29 is 21.6 Å². The normalized spacial score (nSPS) is 11.8. The number of hydrogen-bond acceptors (Lipinski definition) is 5. The average Bonchev–Trinajstić information content (AvgIpc) is 2.62. The number of unbranched alkanes of at least 4 members (excludes halogenated alkanes) is 1. The third kappa shape index (κ3) is 5.78.